The molecule has 3 aromatic rings. The van der Waals surface area contributed by atoms with Crippen LogP contribution in [-0.2, 0) is 9.59 Å². The van der Waals surface area contributed by atoms with E-state index in [0.29, 0.717) is 12.2 Å². The van der Waals surface area contributed by atoms with Gasteiger partial charge in [0.15, 0.2) is 4.96 Å². The summed E-state index contributed by atoms with van der Waals surface area (Å²) in [5, 5.41) is 7.07. The lowest BCUT2D eigenvalue weighted by molar-refractivity contribution is -0.121. The Kier molecular flexibility index (Phi) is 4.59. The molecule has 1 aromatic carbocycles. The predicted octanol–water partition coefficient (Wildman–Crippen LogP) is 2.33. The summed E-state index contributed by atoms with van der Waals surface area (Å²) < 4.78 is 1.96. The van der Waals surface area contributed by atoms with Crippen molar-refractivity contribution >= 4 is 39.8 Å². The molecule has 3 heterocycles. The molecule has 9 heteroatoms. The number of amides is 4. The molecular weight excluding hydrogens is 366 g/mol. The molecule has 0 radical (unpaired) electrons. The fourth-order valence-electron chi connectivity index (χ4n) is 2.90. The molecule has 1 aliphatic rings. The van der Waals surface area contributed by atoms with Gasteiger partial charge in [0.2, 0.25) is 11.8 Å². The third-order valence-electron chi connectivity index (χ3n) is 4.29. The fraction of sp³-hybridized carbons (Fsp3) is 0.222. The lowest BCUT2D eigenvalue weighted by atomic mass is 10.1. The maximum absolute atomic E-state index is 12.2. The van der Waals surface area contributed by atoms with Gasteiger partial charge in [0.05, 0.1) is 5.69 Å². The number of urea groups is 1. The predicted molar refractivity (Wildman–Crippen MR) is 101 cm³/mol. The minimum absolute atomic E-state index is 0.159. The number of imidazole rings is 1. The van der Waals surface area contributed by atoms with Crippen LogP contribution in [0.3, 0.4) is 0 Å². The van der Waals surface area contributed by atoms with Crippen LogP contribution in [0, 0.1) is 0 Å². The van der Waals surface area contributed by atoms with Gasteiger partial charge in [0, 0.05) is 55.0 Å². The maximum atomic E-state index is 12.2. The first-order chi connectivity index (χ1) is 13.1. The van der Waals surface area contributed by atoms with Crippen molar-refractivity contribution in [2.75, 3.05) is 18.4 Å². The first-order valence-corrected chi connectivity index (χ1v) is 9.38. The van der Waals surface area contributed by atoms with E-state index in [2.05, 4.69) is 15.6 Å². The molecule has 0 saturated carbocycles. The minimum atomic E-state index is -0.444. The topological polar surface area (TPSA) is 95.8 Å². The van der Waals surface area contributed by atoms with E-state index >= 15 is 0 Å². The monoisotopic (exact) mass is 383 g/mol. The molecule has 0 aliphatic carbocycles. The average molecular weight is 383 g/mol. The summed E-state index contributed by atoms with van der Waals surface area (Å²) in [6.45, 7) is 0.604. The molecule has 0 atom stereocenters. The zero-order valence-corrected chi connectivity index (χ0v) is 15.2. The number of carbonyl (C=O) groups excluding carboxylic acids is 3. The van der Waals surface area contributed by atoms with Gasteiger partial charge in [-0.3, -0.25) is 19.3 Å². The van der Waals surface area contributed by atoms with Gasteiger partial charge in [-0.2, -0.15) is 0 Å². The van der Waals surface area contributed by atoms with Crippen molar-refractivity contribution in [3.63, 3.8) is 0 Å². The number of carbonyl (C=O) groups is 3. The molecule has 0 unspecified atom stereocenters. The number of anilines is 1. The van der Waals surface area contributed by atoms with E-state index in [1.54, 1.807) is 11.3 Å². The molecule has 4 rings (SSSR count). The Balaban J connectivity index is 1.38. The smallest absolute Gasteiger partial charge is 0.324 e. The Morgan fingerprint density at radius 1 is 1.33 bits per heavy atom. The highest BCUT2D eigenvalue weighted by atomic mass is 32.1. The van der Waals surface area contributed by atoms with E-state index in [9.17, 15) is 14.4 Å². The summed E-state index contributed by atoms with van der Waals surface area (Å²) in [6.07, 6.45) is 4.32. The van der Waals surface area contributed by atoms with Gasteiger partial charge in [-0.05, 0) is 12.1 Å². The Hall–Kier alpha value is -3.20. The van der Waals surface area contributed by atoms with Crippen LogP contribution in [0.15, 0.2) is 42.0 Å². The number of fused-ring (bicyclic) bond motifs is 1. The molecule has 0 spiro atoms. The summed E-state index contributed by atoms with van der Waals surface area (Å²) in [6, 6.07) is 7.04. The number of hydrogen-bond donors (Lipinski definition) is 2. The van der Waals surface area contributed by atoms with Gasteiger partial charge in [-0.1, -0.05) is 12.1 Å². The fourth-order valence-corrected chi connectivity index (χ4v) is 3.60. The van der Waals surface area contributed by atoms with Crippen LogP contribution in [0.25, 0.3) is 16.2 Å². The number of benzene rings is 1. The second-order valence-electron chi connectivity index (χ2n) is 6.19. The molecule has 1 fully saturated rings. The van der Waals surface area contributed by atoms with Crippen molar-refractivity contribution in [2.45, 2.75) is 12.8 Å². The summed E-state index contributed by atoms with van der Waals surface area (Å²) >= 11 is 1.56. The van der Waals surface area contributed by atoms with Crippen molar-refractivity contribution in [3.05, 3.63) is 42.0 Å². The van der Waals surface area contributed by atoms with Crippen LogP contribution in [0.2, 0.25) is 0 Å². The third-order valence-corrected chi connectivity index (χ3v) is 5.06. The highest BCUT2D eigenvalue weighted by Gasteiger charge is 2.23. The SMILES string of the molecule is O=C1CCN(CCC(=O)Nc2cccc(-c3cn4ccsc4n3)c2)C(=O)N1. The first-order valence-electron chi connectivity index (χ1n) is 8.50. The highest BCUT2D eigenvalue weighted by Crippen LogP contribution is 2.24. The van der Waals surface area contributed by atoms with Crippen molar-refractivity contribution in [1.82, 2.24) is 19.6 Å². The van der Waals surface area contributed by atoms with E-state index in [-0.39, 0.29) is 31.2 Å². The van der Waals surface area contributed by atoms with Crippen LogP contribution >= 0.6 is 11.3 Å². The Morgan fingerprint density at radius 2 is 2.22 bits per heavy atom. The van der Waals surface area contributed by atoms with E-state index < -0.39 is 6.03 Å². The number of nitrogens with one attached hydrogen (secondary N) is 2. The number of aromatic nitrogens is 2. The van der Waals surface area contributed by atoms with Crippen molar-refractivity contribution < 1.29 is 14.4 Å². The lowest BCUT2D eigenvalue weighted by Gasteiger charge is -2.26. The van der Waals surface area contributed by atoms with E-state index in [1.165, 1.54) is 4.90 Å². The Morgan fingerprint density at radius 3 is 3.04 bits per heavy atom. The van der Waals surface area contributed by atoms with Crippen LogP contribution < -0.4 is 10.6 Å². The molecule has 8 nitrogen and oxygen atoms in total. The van der Waals surface area contributed by atoms with Crippen molar-refractivity contribution in [2.24, 2.45) is 0 Å². The highest BCUT2D eigenvalue weighted by molar-refractivity contribution is 7.15. The van der Waals surface area contributed by atoms with Gasteiger partial charge in [-0.15, -0.1) is 11.3 Å². The molecule has 4 amide bonds. The van der Waals surface area contributed by atoms with Gasteiger partial charge in [0.1, 0.15) is 0 Å². The van der Waals surface area contributed by atoms with Crippen molar-refractivity contribution in [3.8, 4) is 11.3 Å². The molecule has 27 heavy (non-hydrogen) atoms. The number of hydrogen-bond acceptors (Lipinski definition) is 5. The second kappa shape index (κ2) is 7.20. The van der Waals surface area contributed by atoms with Crippen LogP contribution in [0.5, 0.6) is 0 Å². The quantitative estimate of drug-likeness (QED) is 0.707. The average Bonchev–Trinajstić information content (AvgIpc) is 3.23. The number of nitrogens with zero attached hydrogens (tertiary/aromatic N) is 3. The summed E-state index contributed by atoms with van der Waals surface area (Å²) in [7, 11) is 0. The van der Waals surface area contributed by atoms with Crippen LogP contribution in [0.1, 0.15) is 12.8 Å². The van der Waals surface area contributed by atoms with Crippen molar-refractivity contribution in [1.29, 1.82) is 0 Å². The molecule has 2 aromatic heterocycles. The van der Waals surface area contributed by atoms with Crippen LogP contribution in [0.4, 0.5) is 10.5 Å². The number of imide groups is 1. The number of rotatable bonds is 5. The molecular formula is C18H17N5O3S. The van der Waals surface area contributed by atoms with E-state index in [4.69, 9.17) is 0 Å². The first kappa shape index (κ1) is 17.2. The zero-order chi connectivity index (χ0) is 18.8. The Labute approximate surface area is 158 Å². The summed E-state index contributed by atoms with van der Waals surface area (Å²) in [5.41, 5.74) is 2.43. The molecule has 1 saturated heterocycles. The van der Waals surface area contributed by atoms with Gasteiger partial charge in [-0.25, -0.2) is 9.78 Å². The molecule has 0 bridgehead atoms. The molecule has 2 N–H and O–H groups in total. The largest absolute Gasteiger partial charge is 0.326 e. The summed E-state index contributed by atoms with van der Waals surface area (Å²) in [4.78, 5) is 42.0. The Bertz CT molecular complexity index is 996. The zero-order valence-electron chi connectivity index (χ0n) is 14.3. The van der Waals surface area contributed by atoms with Crippen LogP contribution in [-0.4, -0.2) is 45.2 Å². The van der Waals surface area contributed by atoms with E-state index in [0.717, 1.165) is 16.2 Å². The van der Waals surface area contributed by atoms with E-state index in [1.807, 2.05) is 46.4 Å². The van der Waals surface area contributed by atoms with Gasteiger partial charge in [0.25, 0.3) is 0 Å². The second-order valence-corrected chi connectivity index (χ2v) is 7.06. The van der Waals surface area contributed by atoms with Gasteiger partial charge < -0.3 is 10.2 Å². The summed E-state index contributed by atoms with van der Waals surface area (Å²) in [5.74, 6) is -0.473. The normalized spacial score (nSPS) is 14.4. The molecule has 138 valence electrons. The maximum Gasteiger partial charge on any atom is 0.324 e. The third kappa shape index (κ3) is 3.82. The standard InChI is InChI=1S/C18H17N5O3S/c24-15(4-6-22-7-5-16(25)21-17(22)26)19-13-3-1-2-12(10-13)14-11-23-8-9-27-18(23)20-14/h1-3,8-11H,4-7H2,(H,19,24)(H,21,25,26). The number of thiazole rings is 1. The lowest BCUT2D eigenvalue weighted by Crippen LogP contribution is -2.50. The van der Waals surface area contributed by atoms with Gasteiger partial charge >= 0.3 is 6.03 Å². The molecule has 1 aliphatic heterocycles. The minimum Gasteiger partial charge on any atom is -0.326 e.